The molecule has 2 aromatic heterocycles. The van der Waals surface area contributed by atoms with Gasteiger partial charge in [0.25, 0.3) is 0 Å². The molecule has 1 atom stereocenters. The van der Waals surface area contributed by atoms with E-state index in [0.29, 0.717) is 6.61 Å². The Morgan fingerprint density at radius 2 is 2.07 bits per heavy atom. The lowest BCUT2D eigenvalue weighted by Gasteiger charge is -2.32. The summed E-state index contributed by atoms with van der Waals surface area (Å²) in [5.74, 6) is 0. The van der Waals surface area contributed by atoms with Gasteiger partial charge in [-0.05, 0) is 36.8 Å². The van der Waals surface area contributed by atoms with Crippen LogP contribution in [0.25, 0.3) is 0 Å². The number of hydrogen-bond acceptors (Lipinski definition) is 4. The minimum atomic E-state index is -0.00922. The van der Waals surface area contributed by atoms with E-state index in [-0.39, 0.29) is 6.10 Å². The molecular weight excluding hydrogens is 372 g/mol. The van der Waals surface area contributed by atoms with E-state index in [1.807, 2.05) is 36.1 Å². The van der Waals surface area contributed by atoms with Crippen LogP contribution in [0.3, 0.4) is 0 Å². The first-order chi connectivity index (χ1) is 13.6. The Balaban J connectivity index is 1.45. The molecule has 1 aliphatic rings. The third kappa shape index (κ3) is 4.43. The fourth-order valence-electron chi connectivity index (χ4n) is 3.60. The van der Waals surface area contributed by atoms with Crippen LogP contribution in [0.2, 0.25) is 5.02 Å². The maximum absolute atomic E-state index is 6.11. The Morgan fingerprint density at radius 1 is 1.21 bits per heavy atom. The topological polar surface area (TPSA) is 43.2 Å². The van der Waals surface area contributed by atoms with E-state index in [9.17, 15) is 0 Å². The van der Waals surface area contributed by atoms with Crippen LogP contribution in [-0.4, -0.2) is 39.4 Å². The number of benzene rings is 1. The van der Waals surface area contributed by atoms with E-state index in [2.05, 4.69) is 41.2 Å². The molecule has 1 saturated heterocycles. The first-order valence-electron chi connectivity index (χ1n) is 9.60. The van der Waals surface area contributed by atoms with Crippen molar-refractivity contribution in [2.45, 2.75) is 26.0 Å². The number of pyridine rings is 1. The van der Waals surface area contributed by atoms with Crippen molar-refractivity contribution < 1.29 is 4.74 Å². The van der Waals surface area contributed by atoms with Gasteiger partial charge in [0.05, 0.1) is 18.5 Å². The third-order valence-corrected chi connectivity index (χ3v) is 5.55. The molecule has 0 spiro atoms. The predicted octanol–water partition coefficient (Wildman–Crippen LogP) is 3.94. The first-order valence-corrected chi connectivity index (χ1v) is 9.98. The molecule has 6 heteroatoms. The normalized spacial score (nSPS) is 17.8. The number of aryl methyl sites for hydroxylation is 1. The second kappa shape index (κ2) is 8.43. The van der Waals surface area contributed by atoms with Crippen LogP contribution >= 0.6 is 11.6 Å². The van der Waals surface area contributed by atoms with Gasteiger partial charge in [-0.15, -0.1) is 0 Å². The molecule has 0 radical (unpaired) electrons. The number of halogens is 1. The van der Waals surface area contributed by atoms with Crippen LogP contribution in [0.5, 0.6) is 0 Å². The van der Waals surface area contributed by atoms with Gasteiger partial charge in [-0.25, -0.2) is 0 Å². The Bertz CT molecular complexity index is 955. The van der Waals surface area contributed by atoms with E-state index in [4.69, 9.17) is 21.3 Å². The molecule has 1 fully saturated rings. The molecular formula is C22H25ClN4O. The van der Waals surface area contributed by atoms with Gasteiger partial charge in [-0.1, -0.05) is 29.8 Å². The standard InChI is InChI=1S/C22H25ClN4O/c1-16-18(13-24-26(16)2)14-27-9-10-28-22(15-27)21-8-4-7-20(25-21)12-17-5-3-6-19(23)11-17/h3-8,11,13,22H,9-10,12,14-15H2,1-2H3/t22-/m1/s1. The van der Waals surface area contributed by atoms with Gasteiger partial charge >= 0.3 is 0 Å². The average Bonchev–Trinajstić information content (AvgIpc) is 3.01. The molecule has 5 nitrogen and oxygen atoms in total. The smallest absolute Gasteiger partial charge is 0.112 e. The summed E-state index contributed by atoms with van der Waals surface area (Å²) in [6.45, 7) is 5.47. The van der Waals surface area contributed by atoms with E-state index < -0.39 is 0 Å². The Labute approximate surface area is 170 Å². The summed E-state index contributed by atoms with van der Waals surface area (Å²) in [7, 11) is 1.98. The molecule has 0 bridgehead atoms. The highest BCUT2D eigenvalue weighted by Gasteiger charge is 2.24. The molecule has 3 aromatic rings. The summed E-state index contributed by atoms with van der Waals surface area (Å²) < 4.78 is 7.97. The second-order valence-electron chi connectivity index (χ2n) is 7.33. The Morgan fingerprint density at radius 3 is 2.86 bits per heavy atom. The summed E-state index contributed by atoms with van der Waals surface area (Å²) in [4.78, 5) is 7.29. The molecule has 0 amide bonds. The number of rotatable bonds is 5. The van der Waals surface area contributed by atoms with Crippen molar-refractivity contribution in [3.05, 3.63) is 81.9 Å². The van der Waals surface area contributed by atoms with E-state index in [0.717, 1.165) is 48.0 Å². The summed E-state index contributed by atoms with van der Waals surface area (Å²) in [6, 6.07) is 14.1. The van der Waals surface area contributed by atoms with Crippen molar-refractivity contribution in [2.75, 3.05) is 19.7 Å². The van der Waals surface area contributed by atoms with Crippen LogP contribution < -0.4 is 0 Å². The van der Waals surface area contributed by atoms with Gasteiger partial charge in [0.2, 0.25) is 0 Å². The van der Waals surface area contributed by atoms with Crippen molar-refractivity contribution in [1.82, 2.24) is 19.7 Å². The zero-order chi connectivity index (χ0) is 19.5. The number of nitrogens with zero attached hydrogens (tertiary/aromatic N) is 4. The molecule has 0 N–H and O–H groups in total. The number of morpholine rings is 1. The molecule has 1 aliphatic heterocycles. The minimum Gasteiger partial charge on any atom is -0.369 e. The highest BCUT2D eigenvalue weighted by Crippen LogP contribution is 2.23. The number of hydrogen-bond donors (Lipinski definition) is 0. The summed E-state index contributed by atoms with van der Waals surface area (Å²) >= 11 is 6.11. The van der Waals surface area contributed by atoms with Crippen LogP contribution in [-0.2, 0) is 24.8 Å². The highest BCUT2D eigenvalue weighted by molar-refractivity contribution is 6.30. The maximum atomic E-state index is 6.11. The zero-order valence-electron chi connectivity index (χ0n) is 16.3. The lowest BCUT2D eigenvalue weighted by molar-refractivity contribution is -0.0351. The molecule has 146 valence electrons. The number of ether oxygens (including phenoxy) is 1. The van der Waals surface area contributed by atoms with Crippen LogP contribution in [0.1, 0.15) is 34.3 Å². The molecule has 28 heavy (non-hydrogen) atoms. The summed E-state index contributed by atoms with van der Waals surface area (Å²) in [5, 5.41) is 5.11. The Hall–Kier alpha value is -2.21. The summed E-state index contributed by atoms with van der Waals surface area (Å²) in [5.41, 5.74) is 5.67. The maximum Gasteiger partial charge on any atom is 0.112 e. The molecule has 0 aliphatic carbocycles. The average molecular weight is 397 g/mol. The van der Waals surface area contributed by atoms with E-state index >= 15 is 0 Å². The van der Waals surface area contributed by atoms with Crippen LogP contribution in [0, 0.1) is 6.92 Å². The SMILES string of the molecule is Cc1c(CN2CCO[C@@H](c3cccc(Cc4cccc(Cl)c4)n3)C2)cnn1C. The van der Waals surface area contributed by atoms with Crippen molar-refractivity contribution >= 4 is 11.6 Å². The third-order valence-electron chi connectivity index (χ3n) is 5.31. The number of aromatic nitrogens is 3. The largest absolute Gasteiger partial charge is 0.369 e. The van der Waals surface area contributed by atoms with Crippen molar-refractivity contribution in [3.8, 4) is 0 Å². The van der Waals surface area contributed by atoms with Gasteiger partial charge < -0.3 is 4.74 Å². The van der Waals surface area contributed by atoms with E-state index in [1.165, 1.54) is 11.3 Å². The van der Waals surface area contributed by atoms with Gasteiger partial charge in [-0.3, -0.25) is 14.6 Å². The predicted molar refractivity (Wildman–Crippen MR) is 110 cm³/mol. The van der Waals surface area contributed by atoms with Gasteiger partial charge in [0.1, 0.15) is 6.10 Å². The van der Waals surface area contributed by atoms with Crippen LogP contribution in [0.15, 0.2) is 48.7 Å². The summed E-state index contributed by atoms with van der Waals surface area (Å²) in [6.07, 6.45) is 2.72. The second-order valence-corrected chi connectivity index (χ2v) is 7.77. The van der Waals surface area contributed by atoms with Crippen molar-refractivity contribution in [3.63, 3.8) is 0 Å². The van der Waals surface area contributed by atoms with Crippen molar-refractivity contribution in [2.24, 2.45) is 7.05 Å². The fraction of sp³-hybridized carbons (Fsp3) is 0.364. The lowest BCUT2D eigenvalue weighted by Crippen LogP contribution is -2.38. The first kappa shape index (κ1) is 19.1. The molecule has 0 unspecified atom stereocenters. The quantitative estimate of drug-likeness (QED) is 0.655. The van der Waals surface area contributed by atoms with Crippen molar-refractivity contribution in [1.29, 1.82) is 0 Å². The minimum absolute atomic E-state index is 0.00922. The zero-order valence-corrected chi connectivity index (χ0v) is 17.1. The van der Waals surface area contributed by atoms with Gasteiger partial charge in [0, 0.05) is 55.1 Å². The molecule has 1 aromatic carbocycles. The highest BCUT2D eigenvalue weighted by atomic mass is 35.5. The fourth-order valence-corrected chi connectivity index (χ4v) is 3.81. The van der Waals surface area contributed by atoms with Gasteiger partial charge in [0.15, 0.2) is 0 Å². The molecule has 0 saturated carbocycles. The Kier molecular flexibility index (Phi) is 5.76. The molecule has 4 rings (SSSR count). The lowest BCUT2D eigenvalue weighted by atomic mass is 10.1. The molecule has 3 heterocycles. The van der Waals surface area contributed by atoms with E-state index in [1.54, 1.807) is 0 Å². The van der Waals surface area contributed by atoms with Gasteiger partial charge in [-0.2, -0.15) is 5.10 Å². The monoisotopic (exact) mass is 396 g/mol. The van der Waals surface area contributed by atoms with Crippen LogP contribution in [0.4, 0.5) is 0 Å².